The van der Waals surface area contributed by atoms with E-state index in [1.165, 1.54) is 17.0 Å². The number of aromatic hydroxyl groups is 2. The van der Waals surface area contributed by atoms with Crippen molar-refractivity contribution in [1.82, 2.24) is 4.90 Å². The summed E-state index contributed by atoms with van der Waals surface area (Å²) in [5, 5.41) is 28.4. The van der Waals surface area contributed by atoms with Crippen molar-refractivity contribution in [2.75, 3.05) is 6.54 Å². The zero-order chi connectivity index (χ0) is 14.9. The van der Waals surface area contributed by atoms with E-state index in [-0.39, 0.29) is 23.0 Å². The van der Waals surface area contributed by atoms with Crippen LogP contribution in [0.3, 0.4) is 0 Å². The van der Waals surface area contributed by atoms with Crippen LogP contribution >= 0.6 is 0 Å². The standard InChI is InChI=1S/C14H17NO5/c1-8-3-2-6-15(12(8)14(19)20)13(18)10-7-9(16)4-5-11(10)17/h4-5,7-8,12,16-17H,2-3,6H2,1H3,(H,19,20). The third-order valence-electron chi connectivity index (χ3n) is 3.66. The van der Waals surface area contributed by atoms with Crippen LogP contribution in [0, 0.1) is 5.92 Å². The van der Waals surface area contributed by atoms with Crippen LogP contribution < -0.4 is 0 Å². The van der Waals surface area contributed by atoms with Gasteiger partial charge in [-0.05, 0) is 37.0 Å². The third-order valence-corrected chi connectivity index (χ3v) is 3.66. The van der Waals surface area contributed by atoms with E-state index in [9.17, 15) is 24.9 Å². The number of carbonyl (C=O) groups excluding carboxylic acids is 1. The molecule has 1 aliphatic heterocycles. The average molecular weight is 279 g/mol. The number of piperidine rings is 1. The number of phenols is 2. The van der Waals surface area contributed by atoms with E-state index in [2.05, 4.69) is 0 Å². The quantitative estimate of drug-likeness (QED) is 0.711. The molecule has 0 aromatic heterocycles. The Labute approximate surface area is 116 Å². The Bertz CT molecular complexity index is 542. The lowest BCUT2D eigenvalue weighted by Gasteiger charge is -2.37. The molecule has 2 rings (SSSR count). The van der Waals surface area contributed by atoms with Gasteiger partial charge in [-0.15, -0.1) is 0 Å². The molecule has 1 fully saturated rings. The van der Waals surface area contributed by atoms with Gasteiger partial charge in [0.15, 0.2) is 0 Å². The maximum atomic E-state index is 12.4. The number of rotatable bonds is 2. The first kappa shape index (κ1) is 14.2. The molecular formula is C14H17NO5. The van der Waals surface area contributed by atoms with Crippen molar-refractivity contribution < 1.29 is 24.9 Å². The van der Waals surface area contributed by atoms with E-state index >= 15 is 0 Å². The maximum Gasteiger partial charge on any atom is 0.326 e. The number of hydrogen-bond donors (Lipinski definition) is 3. The lowest BCUT2D eigenvalue weighted by atomic mass is 9.90. The van der Waals surface area contributed by atoms with Gasteiger partial charge in [0, 0.05) is 6.54 Å². The minimum atomic E-state index is -1.05. The van der Waals surface area contributed by atoms with E-state index in [0.29, 0.717) is 6.54 Å². The highest BCUT2D eigenvalue weighted by Gasteiger charge is 2.38. The summed E-state index contributed by atoms with van der Waals surface area (Å²) >= 11 is 0. The largest absolute Gasteiger partial charge is 0.508 e. The number of carbonyl (C=O) groups is 2. The van der Waals surface area contributed by atoms with Crippen molar-refractivity contribution in [2.24, 2.45) is 5.92 Å². The van der Waals surface area contributed by atoms with Gasteiger partial charge in [-0.1, -0.05) is 6.92 Å². The minimum absolute atomic E-state index is 0.0784. The summed E-state index contributed by atoms with van der Waals surface area (Å²) < 4.78 is 0. The Hall–Kier alpha value is -2.24. The fraction of sp³-hybridized carbons (Fsp3) is 0.429. The molecular weight excluding hydrogens is 262 g/mol. The number of phenolic OH excluding ortho intramolecular Hbond substituents is 2. The molecule has 2 atom stereocenters. The van der Waals surface area contributed by atoms with Crippen LogP contribution in [0.5, 0.6) is 11.5 Å². The Balaban J connectivity index is 2.35. The monoisotopic (exact) mass is 279 g/mol. The van der Waals surface area contributed by atoms with Gasteiger partial charge in [0.25, 0.3) is 5.91 Å². The highest BCUT2D eigenvalue weighted by Crippen LogP contribution is 2.29. The second kappa shape index (κ2) is 5.40. The number of likely N-dealkylation sites (tertiary alicyclic amines) is 1. The summed E-state index contributed by atoms with van der Waals surface area (Å²) in [4.78, 5) is 25.0. The molecule has 0 aliphatic carbocycles. The SMILES string of the molecule is CC1CCCN(C(=O)c2cc(O)ccc2O)C1C(=O)O. The molecule has 3 N–H and O–H groups in total. The Morgan fingerprint density at radius 2 is 2.00 bits per heavy atom. The molecule has 6 heteroatoms. The minimum Gasteiger partial charge on any atom is -0.508 e. The molecule has 0 bridgehead atoms. The lowest BCUT2D eigenvalue weighted by Crippen LogP contribution is -2.51. The van der Waals surface area contributed by atoms with Gasteiger partial charge in [0.05, 0.1) is 5.56 Å². The van der Waals surface area contributed by atoms with Crippen LogP contribution in [-0.4, -0.2) is 44.7 Å². The highest BCUT2D eigenvalue weighted by atomic mass is 16.4. The summed E-state index contributed by atoms with van der Waals surface area (Å²) in [6.45, 7) is 2.12. The van der Waals surface area contributed by atoms with Crippen LogP contribution in [0.4, 0.5) is 0 Å². The van der Waals surface area contributed by atoms with Crippen LogP contribution in [0.15, 0.2) is 18.2 Å². The van der Waals surface area contributed by atoms with E-state index < -0.39 is 17.9 Å². The average Bonchev–Trinajstić information content (AvgIpc) is 2.40. The van der Waals surface area contributed by atoms with Gasteiger partial charge in [-0.3, -0.25) is 4.79 Å². The van der Waals surface area contributed by atoms with E-state index in [1.807, 2.05) is 0 Å². The van der Waals surface area contributed by atoms with Crippen LogP contribution in [0.25, 0.3) is 0 Å². The van der Waals surface area contributed by atoms with E-state index in [4.69, 9.17) is 0 Å². The number of nitrogens with zero attached hydrogens (tertiary/aromatic N) is 1. The summed E-state index contributed by atoms with van der Waals surface area (Å²) in [5.41, 5.74) is -0.0784. The topological polar surface area (TPSA) is 98.1 Å². The number of amides is 1. The molecule has 2 unspecified atom stereocenters. The predicted octanol–water partition coefficient (Wildman–Crippen LogP) is 1.42. The second-order valence-corrected chi connectivity index (χ2v) is 5.10. The smallest absolute Gasteiger partial charge is 0.326 e. The molecule has 1 aromatic rings. The number of carboxylic acid groups (broad SMARTS) is 1. The van der Waals surface area contributed by atoms with Crippen molar-refractivity contribution in [3.63, 3.8) is 0 Å². The highest BCUT2D eigenvalue weighted by molar-refractivity contribution is 5.99. The zero-order valence-electron chi connectivity index (χ0n) is 11.1. The Kier molecular flexibility index (Phi) is 3.83. The number of hydrogen-bond acceptors (Lipinski definition) is 4. The molecule has 1 heterocycles. The maximum absolute atomic E-state index is 12.4. The Morgan fingerprint density at radius 1 is 1.30 bits per heavy atom. The molecule has 1 amide bonds. The van der Waals surface area contributed by atoms with Crippen molar-refractivity contribution in [2.45, 2.75) is 25.8 Å². The van der Waals surface area contributed by atoms with Gasteiger partial charge < -0.3 is 20.2 Å². The van der Waals surface area contributed by atoms with E-state index in [0.717, 1.165) is 18.9 Å². The van der Waals surface area contributed by atoms with E-state index in [1.54, 1.807) is 6.92 Å². The molecule has 108 valence electrons. The second-order valence-electron chi connectivity index (χ2n) is 5.10. The number of aliphatic carboxylic acids is 1. The zero-order valence-corrected chi connectivity index (χ0v) is 11.1. The molecule has 20 heavy (non-hydrogen) atoms. The van der Waals surface area contributed by atoms with Crippen LogP contribution in [0.2, 0.25) is 0 Å². The summed E-state index contributed by atoms with van der Waals surface area (Å²) in [6, 6.07) is 2.72. The first-order valence-corrected chi connectivity index (χ1v) is 6.47. The fourth-order valence-corrected chi connectivity index (χ4v) is 2.64. The molecule has 0 spiro atoms. The Morgan fingerprint density at radius 3 is 2.65 bits per heavy atom. The van der Waals surface area contributed by atoms with Crippen molar-refractivity contribution >= 4 is 11.9 Å². The molecule has 1 aliphatic rings. The lowest BCUT2D eigenvalue weighted by molar-refractivity contribution is -0.145. The molecule has 0 radical (unpaired) electrons. The van der Waals surface area contributed by atoms with Crippen LogP contribution in [-0.2, 0) is 4.79 Å². The van der Waals surface area contributed by atoms with Gasteiger partial charge in [0.1, 0.15) is 17.5 Å². The normalized spacial score (nSPS) is 22.6. The summed E-state index contributed by atoms with van der Waals surface area (Å²) in [6.07, 6.45) is 1.46. The molecule has 1 aromatic carbocycles. The summed E-state index contributed by atoms with van der Waals surface area (Å²) in [5.74, 6) is -2.19. The third kappa shape index (κ3) is 2.54. The first-order valence-electron chi connectivity index (χ1n) is 6.47. The van der Waals surface area contributed by atoms with Gasteiger partial charge in [0.2, 0.25) is 0 Å². The molecule has 0 saturated carbocycles. The van der Waals surface area contributed by atoms with Crippen molar-refractivity contribution in [3.8, 4) is 11.5 Å². The van der Waals surface area contributed by atoms with Crippen molar-refractivity contribution in [3.05, 3.63) is 23.8 Å². The molecule has 6 nitrogen and oxygen atoms in total. The number of benzene rings is 1. The van der Waals surface area contributed by atoms with Gasteiger partial charge in [-0.25, -0.2) is 4.79 Å². The molecule has 1 saturated heterocycles. The number of carboxylic acids is 1. The fourth-order valence-electron chi connectivity index (χ4n) is 2.64. The summed E-state index contributed by atoms with van der Waals surface area (Å²) in [7, 11) is 0. The van der Waals surface area contributed by atoms with Crippen molar-refractivity contribution in [1.29, 1.82) is 0 Å². The van der Waals surface area contributed by atoms with Crippen LogP contribution in [0.1, 0.15) is 30.1 Å². The predicted molar refractivity (Wildman–Crippen MR) is 70.6 cm³/mol. The first-order chi connectivity index (χ1) is 9.41. The van der Waals surface area contributed by atoms with Gasteiger partial charge in [-0.2, -0.15) is 0 Å². The van der Waals surface area contributed by atoms with Gasteiger partial charge >= 0.3 is 5.97 Å².